The lowest BCUT2D eigenvalue weighted by Crippen LogP contribution is -2.33. The van der Waals surface area contributed by atoms with E-state index in [9.17, 15) is 23.7 Å². The zero-order valence-electron chi connectivity index (χ0n) is 12.6. The Morgan fingerprint density at radius 1 is 1.57 bits per heavy atom. The number of carbonyl (C=O) groups excluding carboxylic acids is 1. The molecule has 1 saturated heterocycles. The van der Waals surface area contributed by atoms with Gasteiger partial charge in [0.2, 0.25) is 0 Å². The van der Waals surface area contributed by atoms with Gasteiger partial charge in [0.1, 0.15) is 11.3 Å². The van der Waals surface area contributed by atoms with E-state index in [0.717, 1.165) is 25.7 Å². The molecule has 0 saturated carbocycles. The number of nitro groups is 1. The van der Waals surface area contributed by atoms with Crippen molar-refractivity contribution >= 4 is 17.3 Å². The largest absolute Gasteiger partial charge is 0.465 e. The third-order valence-electron chi connectivity index (χ3n) is 3.50. The fraction of sp³-hybridized carbons (Fsp3) is 0.500. The molecular weight excluding hydrogens is 314 g/mol. The van der Waals surface area contributed by atoms with Crippen molar-refractivity contribution in [1.82, 2.24) is 0 Å². The zero-order chi connectivity index (χ0) is 17.2. The number of halogens is 2. The molecule has 0 unspecified atom stereocenters. The maximum atomic E-state index is 13.8. The normalized spacial score (nSPS) is 17.3. The SMILES string of the molecule is COC(=O)c1cc(NC[C@@H]2CCO2)c([N+](=O)[O-])c(C(C)(F)F)c1. The van der Waals surface area contributed by atoms with Crippen LogP contribution in [0.1, 0.15) is 29.3 Å². The summed E-state index contributed by atoms with van der Waals surface area (Å²) in [4.78, 5) is 22.0. The minimum atomic E-state index is -3.49. The van der Waals surface area contributed by atoms with E-state index in [-0.39, 0.29) is 23.9 Å². The second kappa shape index (κ2) is 6.45. The molecule has 0 radical (unpaired) electrons. The number of benzene rings is 1. The predicted molar refractivity (Wildman–Crippen MR) is 76.9 cm³/mol. The lowest BCUT2D eigenvalue weighted by molar-refractivity contribution is -0.386. The van der Waals surface area contributed by atoms with Crippen LogP contribution in [0.5, 0.6) is 0 Å². The Balaban J connectivity index is 2.49. The van der Waals surface area contributed by atoms with Gasteiger partial charge in [0.25, 0.3) is 5.92 Å². The van der Waals surface area contributed by atoms with E-state index < -0.39 is 28.1 Å². The molecule has 0 aliphatic carbocycles. The molecule has 1 N–H and O–H groups in total. The van der Waals surface area contributed by atoms with Crippen LogP contribution < -0.4 is 5.32 Å². The Hall–Kier alpha value is -2.29. The number of hydrogen-bond donors (Lipinski definition) is 1. The number of methoxy groups -OCH3 is 1. The molecule has 1 heterocycles. The van der Waals surface area contributed by atoms with Crippen LogP contribution in [-0.2, 0) is 15.4 Å². The van der Waals surface area contributed by atoms with E-state index in [2.05, 4.69) is 10.1 Å². The first-order valence-electron chi connectivity index (χ1n) is 6.88. The summed E-state index contributed by atoms with van der Waals surface area (Å²) in [6, 6.07) is 1.92. The molecule has 0 spiro atoms. The Morgan fingerprint density at radius 3 is 2.65 bits per heavy atom. The van der Waals surface area contributed by atoms with Crippen LogP contribution in [-0.4, -0.2) is 37.3 Å². The summed E-state index contributed by atoms with van der Waals surface area (Å²) in [6.07, 6.45) is 0.635. The molecule has 126 valence electrons. The van der Waals surface area contributed by atoms with Gasteiger partial charge < -0.3 is 14.8 Å². The lowest BCUT2D eigenvalue weighted by Gasteiger charge is -2.27. The van der Waals surface area contributed by atoms with Gasteiger partial charge in [-0.1, -0.05) is 0 Å². The molecule has 1 aliphatic rings. The number of hydrogen-bond acceptors (Lipinski definition) is 6. The topological polar surface area (TPSA) is 90.7 Å². The number of nitro benzene ring substituents is 1. The first kappa shape index (κ1) is 17.1. The van der Waals surface area contributed by atoms with Gasteiger partial charge in [-0.25, -0.2) is 13.6 Å². The van der Waals surface area contributed by atoms with Gasteiger partial charge >= 0.3 is 11.7 Å². The van der Waals surface area contributed by atoms with Crippen LogP contribution in [0.25, 0.3) is 0 Å². The summed E-state index contributed by atoms with van der Waals surface area (Å²) >= 11 is 0. The molecule has 0 amide bonds. The quantitative estimate of drug-likeness (QED) is 0.490. The van der Waals surface area contributed by atoms with Crippen molar-refractivity contribution in [3.8, 4) is 0 Å². The highest BCUT2D eigenvalue weighted by Crippen LogP contribution is 2.40. The molecule has 1 aliphatic heterocycles. The smallest absolute Gasteiger partial charge is 0.337 e. The van der Waals surface area contributed by atoms with Crippen LogP contribution in [0.15, 0.2) is 12.1 Å². The number of esters is 1. The first-order chi connectivity index (χ1) is 10.7. The number of nitrogens with one attached hydrogen (secondary N) is 1. The number of ether oxygens (including phenoxy) is 2. The van der Waals surface area contributed by atoms with Crippen LogP contribution >= 0.6 is 0 Å². The van der Waals surface area contributed by atoms with Gasteiger partial charge in [0, 0.05) is 20.1 Å². The average molecular weight is 330 g/mol. The zero-order valence-corrected chi connectivity index (χ0v) is 12.6. The van der Waals surface area contributed by atoms with E-state index in [1.54, 1.807) is 0 Å². The van der Waals surface area contributed by atoms with E-state index >= 15 is 0 Å². The lowest BCUT2D eigenvalue weighted by atomic mass is 10.0. The number of rotatable bonds is 6. The highest BCUT2D eigenvalue weighted by molar-refractivity contribution is 5.92. The molecule has 1 aromatic carbocycles. The van der Waals surface area contributed by atoms with Gasteiger partial charge in [0.05, 0.1) is 23.7 Å². The minimum absolute atomic E-state index is 0.137. The highest BCUT2D eigenvalue weighted by atomic mass is 19.3. The molecule has 23 heavy (non-hydrogen) atoms. The molecule has 9 heteroatoms. The fourth-order valence-corrected chi connectivity index (χ4v) is 2.21. The summed E-state index contributed by atoms with van der Waals surface area (Å²) in [5.41, 5.74) is -1.96. The number of anilines is 1. The van der Waals surface area contributed by atoms with Gasteiger partial charge in [-0.15, -0.1) is 0 Å². The van der Waals surface area contributed by atoms with Crippen molar-refractivity contribution in [3.05, 3.63) is 33.4 Å². The van der Waals surface area contributed by atoms with E-state index in [1.807, 2.05) is 0 Å². The first-order valence-corrected chi connectivity index (χ1v) is 6.88. The second-order valence-corrected chi connectivity index (χ2v) is 5.22. The monoisotopic (exact) mass is 330 g/mol. The van der Waals surface area contributed by atoms with Gasteiger partial charge in [0.15, 0.2) is 0 Å². The van der Waals surface area contributed by atoms with Gasteiger partial charge in [-0.2, -0.15) is 0 Å². The molecule has 1 atom stereocenters. The molecule has 0 aromatic heterocycles. The van der Waals surface area contributed by atoms with Crippen molar-refractivity contribution < 1.29 is 28.0 Å². The summed E-state index contributed by atoms with van der Waals surface area (Å²) < 4.78 is 37.2. The molecule has 0 bridgehead atoms. The molecule has 1 aromatic rings. The Kier molecular flexibility index (Phi) is 4.79. The highest BCUT2D eigenvalue weighted by Gasteiger charge is 2.37. The maximum Gasteiger partial charge on any atom is 0.337 e. The van der Waals surface area contributed by atoms with E-state index in [0.29, 0.717) is 13.5 Å². The third-order valence-corrected chi connectivity index (χ3v) is 3.50. The van der Waals surface area contributed by atoms with E-state index in [1.165, 1.54) is 0 Å². The van der Waals surface area contributed by atoms with Gasteiger partial charge in [-0.05, 0) is 18.6 Å². The fourth-order valence-electron chi connectivity index (χ4n) is 2.21. The summed E-state index contributed by atoms with van der Waals surface area (Å²) in [6.45, 7) is 1.35. The van der Waals surface area contributed by atoms with Crippen molar-refractivity contribution in [3.63, 3.8) is 0 Å². The molecular formula is C14H16F2N2O5. The molecule has 2 rings (SSSR count). The Morgan fingerprint density at radius 2 is 2.22 bits per heavy atom. The number of alkyl halides is 2. The Bertz CT molecular complexity index is 626. The van der Waals surface area contributed by atoms with Crippen molar-refractivity contribution in [2.75, 3.05) is 25.6 Å². The molecule has 7 nitrogen and oxygen atoms in total. The van der Waals surface area contributed by atoms with Crippen LogP contribution in [0.3, 0.4) is 0 Å². The second-order valence-electron chi connectivity index (χ2n) is 5.22. The number of nitrogens with zero attached hydrogens (tertiary/aromatic N) is 1. The molecule has 1 fully saturated rings. The summed E-state index contributed by atoms with van der Waals surface area (Å²) in [7, 11) is 1.10. The standard InChI is InChI=1S/C14H16F2N2O5/c1-14(15,16)10-5-8(13(19)22-2)6-11(12(10)18(20)21)17-7-9-3-4-23-9/h5-6,9,17H,3-4,7H2,1-2H3/t9-/m0/s1. The van der Waals surface area contributed by atoms with Gasteiger partial charge in [-0.3, -0.25) is 10.1 Å². The Labute approximate surface area is 130 Å². The summed E-state index contributed by atoms with van der Waals surface area (Å²) in [5.74, 6) is -4.34. The number of carbonyl (C=O) groups is 1. The van der Waals surface area contributed by atoms with Crippen LogP contribution in [0, 0.1) is 10.1 Å². The van der Waals surface area contributed by atoms with E-state index in [4.69, 9.17) is 4.74 Å². The predicted octanol–water partition coefficient (Wildman–Crippen LogP) is 2.69. The summed E-state index contributed by atoms with van der Waals surface area (Å²) in [5, 5.41) is 14.0. The minimum Gasteiger partial charge on any atom is -0.465 e. The van der Waals surface area contributed by atoms with Crippen LogP contribution in [0.2, 0.25) is 0 Å². The van der Waals surface area contributed by atoms with Crippen molar-refractivity contribution in [2.24, 2.45) is 0 Å². The van der Waals surface area contributed by atoms with Crippen molar-refractivity contribution in [1.29, 1.82) is 0 Å². The maximum absolute atomic E-state index is 13.8. The average Bonchev–Trinajstić information content (AvgIpc) is 2.42. The van der Waals surface area contributed by atoms with Crippen LogP contribution in [0.4, 0.5) is 20.2 Å². The third kappa shape index (κ3) is 3.73. The van der Waals surface area contributed by atoms with Crippen molar-refractivity contribution in [2.45, 2.75) is 25.4 Å².